The maximum atomic E-state index is 12.7. The molecule has 0 unspecified atom stereocenters. The molecule has 1 aliphatic heterocycles. The Hall–Kier alpha value is -3.03. The average Bonchev–Trinajstić information content (AvgIpc) is 2.76. The highest BCUT2D eigenvalue weighted by Crippen LogP contribution is 2.30. The summed E-state index contributed by atoms with van der Waals surface area (Å²) in [5.74, 6) is 1.30. The highest BCUT2D eigenvalue weighted by Gasteiger charge is 2.25. The third-order valence-electron chi connectivity index (χ3n) is 5.15. The van der Waals surface area contributed by atoms with Crippen LogP contribution in [0.1, 0.15) is 22.6 Å². The second-order valence-corrected chi connectivity index (χ2v) is 7.94. The van der Waals surface area contributed by atoms with E-state index in [1.54, 1.807) is 30.2 Å². The van der Waals surface area contributed by atoms with Crippen LogP contribution in [0.3, 0.4) is 0 Å². The van der Waals surface area contributed by atoms with Crippen molar-refractivity contribution in [2.24, 2.45) is 0 Å². The predicted octanol–water partition coefficient (Wildman–Crippen LogP) is 4.27. The van der Waals surface area contributed by atoms with Crippen molar-refractivity contribution in [3.63, 3.8) is 0 Å². The molecule has 9 heteroatoms. The molecule has 0 saturated heterocycles. The van der Waals surface area contributed by atoms with Crippen LogP contribution in [-0.2, 0) is 19.4 Å². The minimum absolute atomic E-state index is 0.153. The number of aromatic amines is 1. The van der Waals surface area contributed by atoms with Crippen LogP contribution in [0.15, 0.2) is 47.3 Å². The third kappa shape index (κ3) is 4.52. The van der Waals surface area contributed by atoms with Crippen molar-refractivity contribution in [2.45, 2.75) is 19.4 Å². The molecular formula is C22H20Cl2N4O3. The van der Waals surface area contributed by atoms with Gasteiger partial charge in [-0.2, -0.15) is 0 Å². The van der Waals surface area contributed by atoms with Crippen molar-refractivity contribution in [3.8, 4) is 5.75 Å². The quantitative estimate of drug-likeness (QED) is 0.610. The fourth-order valence-electron chi connectivity index (χ4n) is 3.57. The number of anilines is 1. The summed E-state index contributed by atoms with van der Waals surface area (Å²) in [5, 5.41) is 3.42. The predicted molar refractivity (Wildman–Crippen MR) is 120 cm³/mol. The van der Waals surface area contributed by atoms with Crippen LogP contribution in [0.25, 0.3) is 0 Å². The molecule has 2 N–H and O–H groups in total. The van der Waals surface area contributed by atoms with Gasteiger partial charge in [0.15, 0.2) is 0 Å². The first-order valence-corrected chi connectivity index (χ1v) is 10.4. The van der Waals surface area contributed by atoms with Crippen molar-refractivity contribution in [1.29, 1.82) is 0 Å². The maximum Gasteiger partial charge on any atom is 0.322 e. The Bertz CT molecular complexity index is 1180. The van der Waals surface area contributed by atoms with Gasteiger partial charge in [0.2, 0.25) is 0 Å². The minimum Gasteiger partial charge on any atom is -0.496 e. The number of para-hydroxylation sites is 2. The number of nitrogens with zero attached hydrogens (tertiary/aromatic N) is 2. The third-order valence-corrected chi connectivity index (χ3v) is 5.78. The summed E-state index contributed by atoms with van der Waals surface area (Å²) in [5.41, 5.74) is 2.22. The molecule has 1 aromatic heterocycles. The number of rotatable bonds is 4. The first kappa shape index (κ1) is 21.2. The molecule has 160 valence electrons. The second kappa shape index (κ2) is 8.99. The molecule has 0 atom stereocenters. The van der Waals surface area contributed by atoms with Gasteiger partial charge in [-0.3, -0.25) is 4.79 Å². The molecule has 0 radical (unpaired) electrons. The highest BCUT2D eigenvalue weighted by atomic mass is 35.5. The number of H-pyrrole nitrogens is 1. The van der Waals surface area contributed by atoms with Crippen LogP contribution < -0.4 is 15.6 Å². The second-order valence-electron chi connectivity index (χ2n) is 7.12. The van der Waals surface area contributed by atoms with Crippen LogP contribution in [0.4, 0.5) is 10.5 Å². The van der Waals surface area contributed by atoms with Crippen molar-refractivity contribution < 1.29 is 9.53 Å². The Morgan fingerprint density at radius 2 is 1.94 bits per heavy atom. The molecule has 0 saturated carbocycles. The zero-order valence-corrected chi connectivity index (χ0v) is 18.3. The van der Waals surface area contributed by atoms with Crippen LogP contribution >= 0.6 is 23.2 Å². The van der Waals surface area contributed by atoms with Crippen molar-refractivity contribution in [2.75, 3.05) is 19.0 Å². The van der Waals surface area contributed by atoms with Crippen LogP contribution in [0.5, 0.6) is 5.75 Å². The smallest absolute Gasteiger partial charge is 0.322 e. The van der Waals surface area contributed by atoms with E-state index in [9.17, 15) is 9.59 Å². The lowest BCUT2D eigenvalue weighted by Crippen LogP contribution is -2.42. The van der Waals surface area contributed by atoms with E-state index in [1.807, 2.05) is 24.3 Å². The van der Waals surface area contributed by atoms with Gasteiger partial charge >= 0.3 is 6.03 Å². The molecule has 7 nitrogen and oxygen atoms in total. The first-order valence-electron chi connectivity index (χ1n) is 9.69. The van der Waals surface area contributed by atoms with E-state index >= 15 is 0 Å². The number of halogens is 2. The molecule has 0 bridgehead atoms. The van der Waals surface area contributed by atoms with Gasteiger partial charge in [0.25, 0.3) is 5.56 Å². The number of fused-ring (bicyclic) bond motifs is 1. The standard InChI is InChI=1S/C22H20Cl2N4O3/c1-31-18-8-3-2-5-13(18)11-19-25-17-9-10-28(12-14(17)21(29)26-19)22(30)27-20-15(23)6-4-7-16(20)24/h2-8H,9-12H2,1H3,(H,27,30)(H,25,26,29). The summed E-state index contributed by atoms with van der Waals surface area (Å²) in [7, 11) is 1.61. The van der Waals surface area contributed by atoms with E-state index in [2.05, 4.69) is 15.3 Å². The molecule has 2 amide bonds. The zero-order chi connectivity index (χ0) is 22.0. The van der Waals surface area contributed by atoms with Gasteiger partial charge in [0.1, 0.15) is 11.6 Å². The van der Waals surface area contributed by atoms with Gasteiger partial charge in [-0.25, -0.2) is 9.78 Å². The Morgan fingerprint density at radius 1 is 1.19 bits per heavy atom. The number of benzene rings is 2. The first-order chi connectivity index (χ1) is 15.0. The molecule has 2 heterocycles. The summed E-state index contributed by atoms with van der Waals surface area (Å²) in [6.45, 7) is 0.575. The lowest BCUT2D eigenvalue weighted by Gasteiger charge is -2.28. The number of aromatic nitrogens is 2. The number of ether oxygens (including phenoxy) is 1. The summed E-state index contributed by atoms with van der Waals surface area (Å²) in [6.07, 6.45) is 0.920. The Morgan fingerprint density at radius 3 is 2.68 bits per heavy atom. The SMILES string of the molecule is COc1ccccc1Cc1nc2c(c(=O)[nH]1)CN(C(=O)Nc1c(Cl)cccc1Cl)CC2. The largest absolute Gasteiger partial charge is 0.496 e. The Kier molecular flexibility index (Phi) is 6.15. The number of hydrogen-bond donors (Lipinski definition) is 2. The Balaban J connectivity index is 1.52. The van der Waals surface area contributed by atoms with Gasteiger partial charge in [-0.05, 0) is 18.2 Å². The van der Waals surface area contributed by atoms with E-state index in [0.717, 1.165) is 11.3 Å². The summed E-state index contributed by atoms with van der Waals surface area (Å²) < 4.78 is 5.38. The average molecular weight is 459 g/mol. The summed E-state index contributed by atoms with van der Waals surface area (Å²) in [4.78, 5) is 34.5. The van der Waals surface area contributed by atoms with E-state index in [-0.39, 0.29) is 18.1 Å². The molecule has 1 aliphatic rings. The summed E-state index contributed by atoms with van der Waals surface area (Å²) in [6, 6.07) is 12.2. The molecule has 0 spiro atoms. The monoisotopic (exact) mass is 458 g/mol. The number of hydrogen-bond acceptors (Lipinski definition) is 4. The van der Waals surface area contributed by atoms with Gasteiger partial charge in [0, 0.05) is 24.9 Å². The number of urea groups is 1. The van der Waals surface area contributed by atoms with Gasteiger partial charge in [-0.15, -0.1) is 0 Å². The van der Waals surface area contributed by atoms with Crippen LogP contribution in [0.2, 0.25) is 10.0 Å². The fraction of sp³-hybridized carbons (Fsp3) is 0.227. The highest BCUT2D eigenvalue weighted by molar-refractivity contribution is 6.39. The van der Waals surface area contributed by atoms with Gasteiger partial charge < -0.3 is 19.9 Å². The Labute approximate surface area is 189 Å². The minimum atomic E-state index is -0.377. The van der Waals surface area contributed by atoms with Gasteiger partial charge in [-0.1, -0.05) is 47.5 Å². The lowest BCUT2D eigenvalue weighted by atomic mass is 10.1. The lowest BCUT2D eigenvalue weighted by molar-refractivity contribution is 0.205. The molecule has 4 rings (SSSR count). The molecule has 0 aliphatic carbocycles. The number of carbonyl (C=O) groups is 1. The number of carbonyl (C=O) groups excluding carboxylic acids is 1. The topological polar surface area (TPSA) is 87.3 Å². The number of amides is 2. The maximum absolute atomic E-state index is 12.7. The number of nitrogens with one attached hydrogen (secondary N) is 2. The van der Waals surface area contributed by atoms with E-state index in [4.69, 9.17) is 27.9 Å². The van der Waals surface area contributed by atoms with Crippen LogP contribution in [0, 0.1) is 0 Å². The van der Waals surface area contributed by atoms with E-state index in [0.29, 0.717) is 52.2 Å². The fourth-order valence-corrected chi connectivity index (χ4v) is 4.06. The van der Waals surface area contributed by atoms with Crippen molar-refractivity contribution in [3.05, 3.63) is 85.5 Å². The molecule has 3 aromatic rings. The normalized spacial score (nSPS) is 12.9. The molecule has 31 heavy (non-hydrogen) atoms. The number of methoxy groups -OCH3 is 1. The van der Waals surface area contributed by atoms with Crippen LogP contribution in [-0.4, -0.2) is 34.6 Å². The summed E-state index contributed by atoms with van der Waals surface area (Å²) >= 11 is 12.3. The zero-order valence-electron chi connectivity index (χ0n) is 16.7. The molecule has 0 fully saturated rings. The van der Waals surface area contributed by atoms with Crippen molar-refractivity contribution >= 4 is 34.9 Å². The van der Waals surface area contributed by atoms with Crippen molar-refractivity contribution in [1.82, 2.24) is 14.9 Å². The molecular weight excluding hydrogens is 439 g/mol. The van der Waals surface area contributed by atoms with E-state index in [1.165, 1.54) is 0 Å². The van der Waals surface area contributed by atoms with E-state index < -0.39 is 0 Å². The molecule has 2 aromatic carbocycles. The van der Waals surface area contributed by atoms with Gasteiger partial charge in [0.05, 0.1) is 40.6 Å².